The van der Waals surface area contributed by atoms with Gasteiger partial charge in [0.15, 0.2) is 0 Å². The summed E-state index contributed by atoms with van der Waals surface area (Å²) < 4.78 is 0. The molecule has 0 aromatic rings. The summed E-state index contributed by atoms with van der Waals surface area (Å²) in [6.45, 7) is 15.8. The molecule has 2 saturated heterocycles. The van der Waals surface area contributed by atoms with Crippen molar-refractivity contribution in [2.45, 2.75) is 33.2 Å². The molecule has 3 heteroatoms. The third-order valence-corrected chi connectivity index (χ3v) is 4.23. The van der Waals surface area contributed by atoms with Gasteiger partial charge < -0.3 is 15.1 Å². The van der Waals surface area contributed by atoms with Crippen LogP contribution >= 0.6 is 0 Å². The average Bonchev–Trinajstić information content (AvgIpc) is 2.63. The van der Waals surface area contributed by atoms with E-state index in [1.165, 1.54) is 52.2 Å². The zero-order valence-corrected chi connectivity index (χ0v) is 11.8. The number of nitrogens with one attached hydrogen (secondary N) is 1. The summed E-state index contributed by atoms with van der Waals surface area (Å²) in [6.07, 6.45) is 1.40. The maximum atomic E-state index is 3.53. The fourth-order valence-electron chi connectivity index (χ4n) is 3.19. The molecule has 0 radical (unpaired) electrons. The molecule has 2 heterocycles. The third kappa shape index (κ3) is 3.94. The van der Waals surface area contributed by atoms with E-state index in [2.05, 4.69) is 35.9 Å². The first kappa shape index (κ1) is 13.3. The lowest BCUT2D eigenvalue weighted by Crippen LogP contribution is -2.36. The van der Waals surface area contributed by atoms with E-state index < -0.39 is 0 Å². The molecule has 2 aliphatic rings. The molecular weight excluding hydrogens is 210 g/mol. The van der Waals surface area contributed by atoms with E-state index in [1.54, 1.807) is 0 Å². The molecular formula is C14H29N3. The van der Waals surface area contributed by atoms with Gasteiger partial charge in [0.05, 0.1) is 0 Å². The van der Waals surface area contributed by atoms with Crippen LogP contribution in [0.3, 0.4) is 0 Å². The summed E-state index contributed by atoms with van der Waals surface area (Å²) >= 11 is 0. The van der Waals surface area contributed by atoms with Crippen molar-refractivity contribution in [3.63, 3.8) is 0 Å². The molecule has 0 saturated carbocycles. The highest BCUT2D eigenvalue weighted by Gasteiger charge is 2.26. The van der Waals surface area contributed by atoms with Crippen molar-refractivity contribution in [3.8, 4) is 0 Å². The quantitative estimate of drug-likeness (QED) is 0.800. The average molecular weight is 239 g/mol. The lowest BCUT2D eigenvalue weighted by Gasteiger charge is -2.26. The van der Waals surface area contributed by atoms with E-state index >= 15 is 0 Å². The molecule has 2 unspecified atom stereocenters. The minimum Gasteiger partial charge on any atom is -0.315 e. The van der Waals surface area contributed by atoms with E-state index in [1.807, 2.05) is 0 Å². The van der Waals surface area contributed by atoms with Gasteiger partial charge in [-0.15, -0.1) is 0 Å². The maximum Gasteiger partial charge on any atom is 0.0107 e. The molecule has 0 amide bonds. The van der Waals surface area contributed by atoms with Crippen LogP contribution in [0.5, 0.6) is 0 Å². The van der Waals surface area contributed by atoms with Gasteiger partial charge in [0.25, 0.3) is 0 Å². The van der Waals surface area contributed by atoms with Crippen molar-refractivity contribution in [1.29, 1.82) is 0 Å². The van der Waals surface area contributed by atoms with Gasteiger partial charge in [-0.05, 0) is 45.2 Å². The molecule has 17 heavy (non-hydrogen) atoms. The van der Waals surface area contributed by atoms with E-state index in [0.717, 1.165) is 17.9 Å². The Morgan fingerprint density at radius 2 is 2.06 bits per heavy atom. The van der Waals surface area contributed by atoms with E-state index in [4.69, 9.17) is 0 Å². The topological polar surface area (TPSA) is 18.5 Å². The number of rotatable bonds is 3. The normalized spacial score (nSPS) is 33.2. The smallest absolute Gasteiger partial charge is 0.0107 e. The highest BCUT2D eigenvalue weighted by molar-refractivity contribution is 4.81. The van der Waals surface area contributed by atoms with Gasteiger partial charge in [-0.3, -0.25) is 0 Å². The Labute approximate surface area is 107 Å². The summed E-state index contributed by atoms with van der Waals surface area (Å²) in [5.74, 6) is 1.71. The number of hydrogen-bond donors (Lipinski definition) is 1. The largest absolute Gasteiger partial charge is 0.315 e. The Bertz CT molecular complexity index is 230. The zero-order valence-electron chi connectivity index (χ0n) is 11.8. The predicted octanol–water partition coefficient (Wildman–Crippen LogP) is 1.26. The van der Waals surface area contributed by atoms with E-state index in [9.17, 15) is 0 Å². The molecule has 2 aliphatic heterocycles. The van der Waals surface area contributed by atoms with E-state index in [0.29, 0.717) is 0 Å². The van der Waals surface area contributed by atoms with Gasteiger partial charge >= 0.3 is 0 Å². The highest BCUT2D eigenvalue weighted by atomic mass is 15.2. The Balaban J connectivity index is 1.77. The van der Waals surface area contributed by atoms with Crippen LogP contribution in [-0.4, -0.2) is 61.7 Å². The van der Waals surface area contributed by atoms with E-state index in [-0.39, 0.29) is 0 Å². The summed E-state index contributed by atoms with van der Waals surface area (Å²) in [5, 5.41) is 3.53. The van der Waals surface area contributed by atoms with Gasteiger partial charge in [-0.2, -0.15) is 0 Å². The van der Waals surface area contributed by atoms with Crippen molar-refractivity contribution in [1.82, 2.24) is 15.1 Å². The summed E-state index contributed by atoms with van der Waals surface area (Å²) in [5.41, 5.74) is 0. The monoisotopic (exact) mass is 239 g/mol. The van der Waals surface area contributed by atoms with Crippen LogP contribution < -0.4 is 5.32 Å². The summed E-state index contributed by atoms with van der Waals surface area (Å²) in [6, 6.07) is 0.727. The van der Waals surface area contributed by atoms with Crippen LogP contribution in [0.4, 0.5) is 0 Å². The fraction of sp³-hybridized carbons (Fsp3) is 1.00. The predicted molar refractivity (Wildman–Crippen MR) is 73.3 cm³/mol. The second kappa shape index (κ2) is 6.17. The lowest BCUT2D eigenvalue weighted by atomic mass is 10.1. The molecule has 2 rings (SSSR count). The minimum absolute atomic E-state index is 0.727. The van der Waals surface area contributed by atoms with Gasteiger partial charge in [0, 0.05) is 38.8 Å². The molecule has 0 aromatic carbocycles. The maximum absolute atomic E-state index is 3.53. The van der Waals surface area contributed by atoms with Crippen molar-refractivity contribution >= 4 is 0 Å². The highest BCUT2D eigenvalue weighted by Crippen LogP contribution is 2.20. The first-order chi connectivity index (χ1) is 8.15. The summed E-state index contributed by atoms with van der Waals surface area (Å²) in [7, 11) is 0. The second-order valence-electron chi connectivity index (χ2n) is 6.31. The molecule has 2 fully saturated rings. The SMILES string of the molecule is CC1CNCCN(CC2CCN(C(C)C)C2)C1. The van der Waals surface area contributed by atoms with Crippen LogP contribution in [0, 0.1) is 11.8 Å². The van der Waals surface area contributed by atoms with Gasteiger partial charge in [-0.1, -0.05) is 6.92 Å². The Morgan fingerprint density at radius 3 is 2.76 bits per heavy atom. The molecule has 3 nitrogen and oxygen atoms in total. The Kier molecular flexibility index (Phi) is 4.83. The molecule has 0 spiro atoms. The second-order valence-corrected chi connectivity index (χ2v) is 6.31. The van der Waals surface area contributed by atoms with Gasteiger partial charge in [0.2, 0.25) is 0 Å². The van der Waals surface area contributed by atoms with Crippen LogP contribution in [-0.2, 0) is 0 Å². The molecule has 0 bridgehead atoms. The number of hydrogen-bond acceptors (Lipinski definition) is 3. The van der Waals surface area contributed by atoms with Crippen LogP contribution in [0.1, 0.15) is 27.2 Å². The molecule has 0 aromatic heterocycles. The Hall–Kier alpha value is -0.120. The third-order valence-electron chi connectivity index (χ3n) is 4.23. The number of nitrogens with zero attached hydrogens (tertiary/aromatic N) is 2. The molecule has 2 atom stereocenters. The summed E-state index contributed by atoms with van der Waals surface area (Å²) in [4.78, 5) is 5.31. The van der Waals surface area contributed by atoms with Crippen molar-refractivity contribution < 1.29 is 0 Å². The lowest BCUT2D eigenvalue weighted by molar-refractivity contribution is 0.210. The van der Waals surface area contributed by atoms with Crippen molar-refractivity contribution in [2.24, 2.45) is 11.8 Å². The Morgan fingerprint density at radius 1 is 1.24 bits per heavy atom. The first-order valence-corrected chi connectivity index (χ1v) is 7.32. The zero-order chi connectivity index (χ0) is 12.3. The van der Waals surface area contributed by atoms with Crippen molar-refractivity contribution in [2.75, 3.05) is 45.8 Å². The van der Waals surface area contributed by atoms with Crippen LogP contribution in [0.2, 0.25) is 0 Å². The first-order valence-electron chi connectivity index (χ1n) is 7.32. The van der Waals surface area contributed by atoms with Gasteiger partial charge in [0.1, 0.15) is 0 Å². The van der Waals surface area contributed by atoms with Crippen LogP contribution in [0.25, 0.3) is 0 Å². The fourth-order valence-corrected chi connectivity index (χ4v) is 3.19. The molecule has 1 N–H and O–H groups in total. The molecule has 100 valence electrons. The van der Waals surface area contributed by atoms with Gasteiger partial charge in [-0.25, -0.2) is 0 Å². The van der Waals surface area contributed by atoms with Crippen molar-refractivity contribution in [3.05, 3.63) is 0 Å². The minimum atomic E-state index is 0.727. The molecule has 0 aliphatic carbocycles. The van der Waals surface area contributed by atoms with Crippen LogP contribution in [0.15, 0.2) is 0 Å². The standard InChI is InChI=1S/C14H29N3/c1-12(2)17-6-4-14(11-17)10-16-7-5-15-8-13(3)9-16/h12-15H,4-11H2,1-3H3. The number of likely N-dealkylation sites (tertiary alicyclic amines) is 1.